The van der Waals surface area contributed by atoms with Gasteiger partial charge >= 0.3 is 0 Å². The number of nitrogens with one attached hydrogen (secondary N) is 2. The van der Waals surface area contributed by atoms with Crippen LogP contribution in [0.3, 0.4) is 0 Å². The van der Waals surface area contributed by atoms with Crippen molar-refractivity contribution in [2.75, 3.05) is 0 Å². The molecule has 2 amide bonds. The summed E-state index contributed by atoms with van der Waals surface area (Å²) in [5, 5.41) is 5.28. The van der Waals surface area contributed by atoms with E-state index >= 15 is 0 Å². The summed E-state index contributed by atoms with van der Waals surface area (Å²) in [7, 11) is 0. The molecule has 0 radical (unpaired) electrons. The molecule has 2 aromatic carbocycles. The van der Waals surface area contributed by atoms with Crippen LogP contribution < -0.4 is 10.9 Å². The summed E-state index contributed by atoms with van der Waals surface area (Å²) in [5.41, 5.74) is 7.91. The highest BCUT2D eigenvalue weighted by molar-refractivity contribution is 5.96. The summed E-state index contributed by atoms with van der Waals surface area (Å²) in [6.45, 7) is 3.52. The lowest BCUT2D eigenvalue weighted by atomic mass is 10.1. The average Bonchev–Trinajstić information content (AvgIpc) is 3.05. The molecule has 0 aliphatic carbocycles. The van der Waals surface area contributed by atoms with Gasteiger partial charge in [-0.05, 0) is 38.1 Å². The van der Waals surface area contributed by atoms with Gasteiger partial charge in [0, 0.05) is 16.6 Å². The van der Waals surface area contributed by atoms with Crippen LogP contribution in [0.25, 0.3) is 16.6 Å². The van der Waals surface area contributed by atoms with Gasteiger partial charge in [-0.3, -0.25) is 20.4 Å². The van der Waals surface area contributed by atoms with E-state index in [0.717, 1.165) is 5.39 Å². The van der Waals surface area contributed by atoms with Crippen LogP contribution in [0.1, 0.15) is 27.4 Å². The van der Waals surface area contributed by atoms with Crippen molar-refractivity contribution in [2.45, 2.75) is 20.3 Å². The quantitative estimate of drug-likeness (QED) is 0.499. The van der Waals surface area contributed by atoms with Gasteiger partial charge in [-0.1, -0.05) is 36.4 Å². The number of benzene rings is 2. The number of para-hydroxylation sites is 2. The van der Waals surface area contributed by atoms with Crippen molar-refractivity contribution < 1.29 is 14.0 Å². The maximum Gasteiger partial charge on any atom is 0.288 e. The highest BCUT2D eigenvalue weighted by Crippen LogP contribution is 2.20. The minimum Gasteiger partial charge on any atom is -0.273 e. The molecule has 0 aliphatic rings. The Morgan fingerprint density at radius 2 is 1.71 bits per heavy atom. The van der Waals surface area contributed by atoms with Gasteiger partial charge in [0.05, 0.1) is 17.6 Å². The molecule has 0 saturated carbocycles. The lowest BCUT2D eigenvalue weighted by Crippen LogP contribution is -2.42. The maximum atomic E-state index is 14.1. The van der Waals surface area contributed by atoms with Crippen LogP contribution in [0.5, 0.6) is 0 Å². The number of fused-ring (bicyclic) bond motifs is 1. The zero-order chi connectivity index (χ0) is 22.0. The van der Waals surface area contributed by atoms with E-state index in [1.807, 2.05) is 24.3 Å². The summed E-state index contributed by atoms with van der Waals surface area (Å²) in [6.07, 6.45) is -0.0163. The lowest BCUT2D eigenvalue weighted by molar-refractivity contribution is -0.121. The molecule has 0 spiro atoms. The molecule has 2 N–H and O–H groups in total. The van der Waals surface area contributed by atoms with Gasteiger partial charge in [0.15, 0.2) is 0 Å². The number of hydrogen-bond donors (Lipinski definition) is 2. The number of pyridine rings is 1. The van der Waals surface area contributed by atoms with Crippen LogP contribution in [0.4, 0.5) is 4.39 Å². The Labute approximate surface area is 177 Å². The molecule has 8 heteroatoms. The van der Waals surface area contributed by atoms with Crippen molar-refractivity contribution in [3.05, 3.63) is 89.1 Å². The number of aromatic nitrogens is 3. The SMILES string of the molecule is Cc1nn(-c2ccccc2F)c(C)c1CC(=O)NNC(=O)c1ccc2ccccc2n1. The number of carbonyl (C=O) groups excluding carboxylic acids is 2. The van der Waals surface area contributed by atoms with E-state index in [1.165, 1.54) is 10.7 Å². The number of amides is 2. The van der Waals surface area contributed by atoms with Crippen molar-refractivity contribution in [3.63, 3.8) is 0 Å². The van der Waals surface area contributed by atoms with Crippen molar-refractivity contribution in [1.29, 1.82) is 0 Å². The number of aryl methyl sites for hydroxylation is 1. The number of rotatable bonds is 4. The molecule has 4 rings (SSSR count). The Bertz CT molecular complexity index is 1300. The summed E-state index contributed by atoms with van der Waals surface area (Å²) in [5.74, 6) is -1.35. The maximum absolute atomic E-state index is 14.1. The van der Waals surface area contributed by atoms with Gasteiger partial charge in [0.1, 0.15) is 17.2 Å². The molecule has 0 saturated heterocycles. The Morgan fingerprint density at radius 1 is 0.968 bits per heavy atom. The van der Waals surface area contributed by atoms with Crippen LogP contribution >= 0.6 is 0 Å². The zero-order valence-electron chi connectivity index (χ0n) is 17.0. The van der Waals surface area contributed by atoms with E-state index in [9.17, 15) is 14.0 Å². The average molecular weight is 417 g/mol. The summed E-state index contributed by atoms with van der Waals surface area (Å²) >= 11 is 0. The molecule has 0 unspecified atom stereocenters. The molecule has 0 fully saturated rings. The third-order valence-corrected chi connectivity index (χ3v) is 5.01. The van der Waals surface area contributed by atoms with E-state index in [4.69, 9.17) is 0 Å². The zero-order valence-corrected chi connectivity index (χ0v) is 17.0. The first-order valence-electron chi connectivity index (χ1n) is 9.69. The Morgan fingerprint density at radius 3 is 2.52 bits per heavy atom. The number of hydrazine groups is 1. The third-order valence-electron chi connectivity index (χ3n) is 5.01. The predicted molar refractivity (Wildman–Crippen MR) is 114 cm³/mol. The predicted octanol–water partition coefficient (Wildman–Crippen LogP) is 3.18. The fourth-order valence-corrected chi connectivity index (χ4v) is 3.38. The van der Waals surface area contributed by atoms with E-state index in [2.05, 4.69) is 20.9 Å². The standard InChI is InChI=1S/C23H20FN5O2/c1-14-17(15(2)29(28-14)21-10-6-4-8-18(21)24)13-22(30)26-27-23(31)20-12-11-16-7-3-5-9-19(16)25-20/h3-12H,13H2,1-2H3,(H,26,30)(H,27,31). The molecule has 0 aliphatic heterocycles. The molecule has 156 valence electrons. The highest BCUT2D eigenvalue weighted by atomic mass is 19.1. The fourth-order valence-electron chi connectivity index (χ4n) is 3.38. The molecule has 2 heterocycles. The van der Waals surface area contributed by atoms with Gasteiger partial charge in [-0.15, -0.1) is 0 Å². The first-order valence-corrected chi connectivity index (χ1v) is 9.69. The summed E-state index contributed by atoms with van der Waals surface area (Å²) in [4.78, 5) is 29.1. The van der Waals surface area contributed by atoms with Crippen molar-refractivity contribution in [2.24, 2.45) is 0 Å². The van der Waals surface area contributed by atoms with E-state index < -0.39 is 17.6 Å². The normalized spacial score (nSPS) is 10.8. The smallest absolute Gasteiger partial charge is 0.273 e. The van der Waals surface area contributed by atoms with E-state index in [1.54, 1.807) is 44.2 Å². The highest BCUT2D eigenvalue weighted by Gasteiger charge is 2.18. The molecule has 0 bridgehead atoms. The molecule has 0 atom stereocenters. The van der Waals surface area contributed by atoms with Gasteiger partial charge < -0.3 is 0 Å². The largest absolute Gasteiger partial charge is 0.288 e. The monoisotopic (exact) mass is 417 g/mol. The van der Waals surface area contributed by atoms with Crippen LogP contribution in [-0.2, 0) is 11.2 Å². The Balaban J connectivity index is 1.44. The topological polar surface area (TPSA) is 88.9 Å². The molecule has 7 nitrogen and oxygen atoms in total. The van der Waals surface area contributed by atoms with Gasteiger partial charge in [-0.25, -0.2) is 14.1 Å². The lowest BCUT2D eigenvalue weighted by Gasteiger charge is -2.09. The molecule has 4 aromatic rings. The Hall–Kier alpha value is -4.07. The molecule has 2 aromatic heterocycles. The van der Waals surface area contributed by atoms with Gasteiger partial charge in [0.25, 0.3) is 5.91 Å². The first-order chi connectivity index (χ1) is 14.9. The van der Waals surface area contributed by atoms with Gasteiger partial charge in [-0.2, -0.15) is 5.10 Å². The summed E-state index contributed by atoms with van der Waals surface area (Å²) < 4.78 is 15.6. The van der Waals surface area contributed by atoms with Crippen molar-refractivity contribution >= 4 is 22.7 Å². The minimum atomic E-state index is -0.519. The third kappa shape index (κ3) is 4.13. The number of halogens is 1. The Kier molecular flexibility index (Phi) is 5.44. The van der Waals surface area contributed by atoms with Crippen LogP contribution in [0, 0.1) is 19.7 Å². The van der Waals surface area contributed by atoms with Crippen LogP contribution in [0.2, 0.25) is 0 Å². The van der Waals surface area contributed by atoms with Gasteiger partial charge in [0.2, 0.25) is 5.91 Å². The number of carbonyl (C=O) groups is 2. The van der Waals surface area contributed by atoms with E-state index in [0.29, 0.717) is 28.2 Å². The van der Waals surface area contributed by atoms with Crippen molar-refractivity contribution in [3.8, 4) is 5.69 Å². The minimum absolute atomic E-state index is 0.0163. The summed E-state index contributed by atoms with van der Waals surface area (Å²) in [6, 6.07) is 17.1. The van der Waals surface area contributed by atoms with Crippen molar-refractivity contribution in [1.82, 2.24) is 25.6 Å². The van der Waals surface area contributed by atoms with Crippen LogP contribution in [0.15, 0.2) is 60.7 Å². The fraction of sp³-hybridized carbons (Fsp3) is 0.130. The number of hydrogen-bond acceptors (Lipinski definition) is 4. The second-order valence-electron chi connectivity index (χ2n) is 7.08. The molecule has 31 heavy (non-hydrogen) atoms. The molecular formula is C23H20FN5O2. The molecular weight excluding hydrogens is 397 g/mol. The second kappa shape index (κ2) is 8.35. The number of nitrogens with zero attached hydrogens (tertiary/aromatic N) is 3. The van der Waals surface area contributed by atoms with Crippen LogP contribution in [-0.4, -0.2) is 26.6 Å². The first kappa shape index (κ1) is 20.2. The van der Waals surface area contributed by atoms with E-state index in [-0.39, 0.29) is 12.1 Å². The second-order valence-corrected chi connectivity index (χ2v) is 7.08.